The van der Waals surface area contributed by atoms with Gasteiger partial charge in [0.1, 0.15) is 0 Å². The van der Waals surface area contributed by atoms with Gasteiger partial charge in [0.25, 0.3) is 0 Å². The molecule has 0 heterocycles. The van der Waals surface area contributed by atoms with Crippen LogP contribution in [0.15, 0.2) is 23.0 Å². The molecule has 0 bridgehead atoms. The van der Waals surface area contributed by atoms with Crippen LogP contribution in [0.5, 0.6) is 0 Å². The first-order valence-corrected chi connectivity index (χ1v) is 9.95. The highest BCUT2D eigenvalue weighted by atomic mass is 31.2. The molecule has 1 rings (SSSR count). The third-order valence-electron chi connectivity index (χ3n) is 4.33. The van der Waals surface area contributed by atoms with Crippen LogP contribution in [0.25, 0.3) is 0 Å². The Morgan fingerprint density at radius 1 is 1.29 bits per heavy atom. The lowest BCUT2D eigenvalue weighted by atomic mass is 9.71. The minimum Gasteiger partial charge on any atom is -0.478 e. The van der Waals surface area contributed by atoms with Gasteiger partial charge < -0.3 is 5.11 Å². The van der Waals surface area contributed by atoms with Crippen molar-refractivity contribution in [2.45, 2.75) is 66.7 Å². The Bertz CT molecular complexity index is 476. The number of allylic oxidation sites excluding steroid dienone is 3. The summed E-state index contributed by atoms with van der Waals surface area (Å²) in [5.74, 6) is -0.576. The molecule has 0 saturated carbocycles. The van der Waals surface area contributed by atoms with E-state index in [0.717, 1.165) is 18.9 Å². The molecule has 0 radical (unpaired) electrons. The van der Waals surface area contributed by atoms with E-state index in [1.54, 1.807) is 0 Å². The molecule has 0 saturated heterocycles. The fourth-order valence-corrected chi connectivity index (χ4v) is 4.26. The van der Waals surface area contributed by atoms with Crippen molar-refractivity contribution < 1.29 is 23.5 Å². The number of carboxylic acid groups (broad SMARTS) is 1. The smallest absolute Gasteiger partial charge is 0.443 e. The Hall–Kier alpha value is -0.900. The van der Waals surface area contributed by atoms with Crippen LogP contribution in [0.1, 0.15) is 66.7 Å². The Balaban J connectivity index is 2.81. The third kappa shape index (κ3) is 6.92. The average molecular weight is 359 g/mol. The molecule has 1 aliphatic carbocycles. The first kappa shape index (κ1) is 21.1. The molecule has 0 aromatic carbocycles. The van der Waals surface area contributed by atoms with Crippen LogP contribution >= 0.6 is 8.60 Å². The van der Waals surface area contributed by atoms with Crippen LogP contribution in [0.4, 0.5) is 0 Å². The van der Waals surface area contributed by atoms with E-state index in [4.69, 9.17) is 18.7 Å². The monoisotopic (exact) mass is 359 g/mol. The standard InChI is InChI=1S/C18H31O5P/c1-6-21-24(22-7-2)23-15(13-17(19)20)10-11-16-14(3)9-8-12-18(16,4)5/h13,24H,6-12H2,1-5H3/p+1. The van der Waals surface area contributed by atoms with Crippen molar-refractivity contribution in [3.05, 3.63) is 23.0 Å². The number of hydrogen-bond donors (Lipinski definition) is 1. The number of carboxylic acids is 1. The van der Waals surface area contributed by atoms with Crippen molar-refractivity contribution in [2.24, 2.45) is 5.41 Å². The maximum Gasteiger partial charge on any atom is 0.443 e. The summed E-state index contributed by atoms with van der Waals surface area (Å²) in [5, 5.41) is 9.11. The molecule has 1 aliphatic rings. The molecule has 0 fully saturated rings. The van der Waals surface area contributed by atoms with Gasteiger partial charge in [-0.15, -0.1) is 0 Å². The van der Waals surface area contributed by atoms with Gasteiger partial charge in [0.05, 0.1) is 19.3 Å². The van der Waals surface area contributed by atoms with Crippen LogP contribution in [0.2, 0.25) is 0 Å². The van der Waals surface area contributed by atoms with Gasteiger partial charge in [-0.3, -0.25) is 4.52 Å². The van der Waals surface area contributed by atoms with Crippen LogP contribution < -0.4 is 0 Å². The zero-order chi connectivity index (χ0) is 18.2. The van der Waals surface area contributed by atoms with E-state index in [1.807, 2.05) is 13.8 Å². The summed E-state index contributed by atoms with van der Waals surface area (Å²) in [4.78, 5) is 11.1. The van der Waals surface area contributed by atoms with Gasteiger partial charge in [-0.25, -0.2) is 4.79 Å². The van der Waals surface area contributed by atoms with Crippen molar-refractivity contribution in [3.63, 3.8) is 0 Å². The highest BCUT2D eigenvalue weighted by Gasteiger charge is 2.29. The molecule has 0 aliphatic heterocycles. The first-order valence-electron chi connectivity index (χ1n) is 8.73. The summed E-state index contributed by atoms with van der Waals surface area (Å²) < 4.78 is 16.7. The van der Waals surface area contributed by atoms with Gasteiger partial charge in [0.15, 0.2) is 5.76 Å². The van der Waals surface area contributed by atoms with Crippen molar-refractivity contribution in [1.29, 1.82) is 0 Å². The number of carbonyl (C=O) groups is 1. The van der Waals surface area contributed by atoms with Crippen LogP contribution in [-0.2, 0) is 18.4 Å². The zero-order valence-electron chi connectivity index (χ0n) is 15.6. The van der Waals surface area contributed by atoms with E-state index >= 15 is 0 Å². The molecular weight excluding hydrogens is 327 g/mol. The number of rotatable bonds is 10. The van der Waals surface area contributed by atoms with Crippen molar-refractivity contribution in [1.82, 2.24) is 0 Å². The molecule has 0 unspecified atom stereocenters. The summed E-state index contributed by atoms with van der Waals surface area (Å²) in [7, 11) is -1.93. The predicted octanol–water partition coefficient (Wildman–Crippen LogP) is 5.31. The van der Waals surface area contributed by atoms with E-state index in [2.05, 4.69) is 20.8 Å². The second kappa shape index (κ2) is 10.2. The van der Waals surface area contributed by atoms with Crippen LogP contribution in [0, 0.1) is 5.41 Å². The topological polar surface area (TPSA) is 65.0 Å². The second-order valence-corrected chi connectivity index (χ2v) is 7.94. The fraction of sp³-hybridized carbons (Fsp3) is 0.722. The summed E-state index contributed by atoms with van der Waals surface area (Å²) in [5.41, 5.74) is 3.03. The Morgan fingerprint density at radius 3 is 2.42 bits per heavy atom. The molecule has 1 N–H and O–H groups in total. The molecule has 0 amide bonds. The zero-order valence-corrected chi connectivity index (χ0v) is 16.6. The fourth-order valence-electron chi connectivity index (χ4n) is 3.21. The lowest BCUT2D eigenvalue weighted by Gasteiger charge is -2.34. The molecule has 0 aromatic rings. The maximum absolute atomic E-state index is 11.1. The minimum absolute atomic E-state index is 0.171. The SMILES string of the molecule is CCO[PH+](OCC)OC(=CC(=O)O)CCC1=C(C)CCCC1(C)C. The quantitative estimate of drug-likeness (QED) is 0.248. The maximum atomic E-state index is 11.1. The minimum atomic E-state index is -1.93. The molecular formula is C18H32O5P+. The summed E-state index contributed by atoms with van der Waals surface area (Å²) in [6.07, 6.45) is 6.02. The van der Waals surface area contributed by atoms with Crippen molar-refractivity contribution in [3.8, 4) is 0 Å². The van der Waals surface area contributed by atoms with Crippen LogP contribution in [0.3, 0.4) is 0 Å². The average Bonchev–Trinajstić information content (AvgIpc) is 2.45. The summed E-state index contributed by atoms with van der Waals surface area (Å²) >= 11 is 0. The van der Waals surface area contributed by atoms with Crippen molar-refractivity contribution >= 4 is 14.6 Å². The van der Waals surface area contributed by atoms with E-state index in [1.165, 1.54) is 24.0 Å². The molecule has 0 spiro atoms. The molecule has 6 heteroatoms. The van der Waals surface area contributed by atoms with Gasteiger partial charge in [-0.1, -0.05) is 25.0 Å². The van der Waals surface area contributed by atoms with E-state index < -0.39 is 14.6 Å². The highest BCUT2D eigenvalue weighted by molar-refractivity contribution is 7.41. The van der Waals surface area contributed by atoms with E-state index in [-0.39, 0.29) is 5.41 Å². The van der Waals surface area contributed by atoms with Gasteiger partial charge in [0, 0.05) is 6.42 Å². The molecule has 5 nitrogen and oxygen atoms in total. The normalized spacial score (nSPS) is 18.2. The predicted molar refractivity (Wildman–Crippen MR) is 97.9 cm³/mol. The van der Waals surface area contributed by atoms with E-state index in [0.29, 0.717) is 25.4 Å². The third-order valence-corrected chi connectivity index (χ3v) is 5.81. The Kier molecular flexibility index (Phi) is 8.96. The highest BCUT2D eigenvalue weighted by Crippen LogP contribution is 2.45. The van der Waals surface area contributed by atoms with Gasteiger partial charge in [-0.2, -0.15) is 9.05 Å². The van der Waals surface area contributed by atoms with Gasteiger partial charge in [-0.05, 0) is 51.9 Å². The second-order valence-electron chi connectivity index (χ2n) is 6.66. The lowest BCUT2D eigenvalue weighted by Crippen LogP contribution is -2.20. The Labute approximate surface area is 147 Å². The van der Waals surface area contributed by atoms with Crippen molar-refractivity contribution in [2.75, 3.05) is 13.2 Å². The first-order chi connectivity index (χ1) is 11.3. The summed E-state index contributed by atoms with van der Waals surface area (Å²) in [6, 6.07) is 0. The molecule has 0 atom stereocenters. The summed E-state index contributed by atoms with van der Waals surface area (Å²) in [6.45, 7) is 11.4. The van der Waals surface area contributed by atoms with Gasteiger partial charge in [0.2, 0.25) is 0 Å². The Morgan fingerprint density at radius 2 is 1.92 bits per heavy atom. The number of hydrogen-bond acceptors (Lipinski definition) is 4. The van der Waals surface area contributed by atoms with Gasteiger partial charge >= 0.3 is 14.6 Å². The molecule has 24 heavy (non-hydrogen) atoms. The number of aliphatic carboxylic acids is 1. The van der Waals surface area contributed by atoms with E-state index in [9.17, 15) is 4.79 Å². The largest absolute Gasteiger partial charge is 0.478 e. The van der Waals surface area contributed by atoms with Crippen LogP contribution in [-0.4, -0.2) is 24.3 Å². The molecule has 138 valence electrons. The lowest BCUT2D eigenvalue weighted by molar-refractivity contribution is -0.131. The molecule has 0 aromatic heterocycles.